The molecule has 0 N–H and O–H groups in total. The molecule has 1 aromatic heterocycles. The maximum atomic E-state index is 12.5. The van der Waals surface area contributed by atoms with Crippen LogP contribution in [-0.2, 0) is 6.54 Å². The maximum Gasteiger partial charge on any atom is 0.276 e. The van der Waals surface area contributed by atoms with Crippen molar-refractivity contribution in [1.29, 1.82) is 0 Å². The minimum absolute atomic E-state index is 0.0176. The molecule has 0 radical (unpaired) electrons. The highest BCUT2D eigenvalue weighted by Crippen LogP contribution is 2.27. The first-order valence-electron chi connectivity index (χ1n) is 11.9. The number of piperidine rings is 2. The Kier molecular flexibility index (Phi) is 7.35. The third-order valence-corrected chi connectivity index (χ3v) is 6.98. The Balaban J connectivity index is 1.24. The highest BCUT2D eigenvalue weighted by molar-refractivity contribution is 5.91. The van der Waals surface area contributed by atoms with Crippen LogP contribution in [0.4, 0.5) is 0 Å². The molecule has 2 fully saturated rings. The fourth-order valence-electron chi connectivity index (χ4n) is 5.03. The van der Waals surface area contributed by atoms with Gasteiger partial charge in [0.1, 0.15) is 0 Å². The SMILES string of the molecule is CCN(CC)C(=O)c1cn(C2CCN(C3CCN(Cc4ccccc4)CC3)CC2)nn1. The Morgan fingerprint density at radius 1 is 0.968 bits per heavy atom. The molecule has 31 heavy (non-hydrogen) atoms. The van der Waals surface area contributed by atoms with E-state index in [1.54, 1.807) is 4.90 Å². The van der Waals surface area contributed by atoms with E-state index in [1.807, 2.05) is 24.7 Å². The van der Waals surface area contributed by atoms with E-state index < -0.39 is 0 Å². The smallest absolute Gasteiger partial charge is 0.276 e. The van der Waals surface area contributed by atoms with Gasteiger partial charge in [0, 0.05) is 38.8 Å². The van der Waals surface area contributed by atoms with Crippen molar-refractivity contribution in [3.63, 3.8) is 0 Å². The largest absolute Gasteiger partial charge is 0.338 e. The highest BCUT2D eigenvalue weighted by atomic mass is 16.2. The van der Waals surface area contributed by atoms with Crippen molar-refractivity contribution in [2.75, 3.05) is 39.3 Å². The first-order valence-corrected chi connectivity index (χ1v) is 11.9. The van der Waals surface area contributed by atoms with E-state index in [4.69, 9.17) is 0 Å². The van der Waals surface area contributed by atoms with Gasteiger partial charge in [0.15, 0.2) is 5.69 Å². The summed E-state index contributed by atoms with van der Waals surface area (Å²) in [4.78, 5) is 19.6. The second-order valence-electron chi connectivity index (χ2n) is 8.82. The van der Waals surface area contributed by atoms with Crippen LogP contribution < -0.4 is 0 Å². The summed E-state index contributed by atoms with van der Waals surface area (Å²) in [6, 6.07) is 11.8. The summed E-state index contributed by atoms with van der Waals surface area (Å²) in [6.07, 6.45) is 6.51. The number of nitrogens with zero attached hydrogens (tertiary/aromatic N) is 6. The number of rotatable bonds is 7. The van der Waals surface area contributed by atoms with Crippen molar-refractivity contribution in [2.24, 2.45) is 0 Å². The van der Waals surface area contributed by atoms with Crippen LogP contribution in [0.2, 0.25) is 0 Å². The van der Waals surface area contributed by atoms with Gasteiger partial charge in [0.25, 0.3) is 5.91 Å². The molecular weight excluding hydrogens is 388 g/mol. The number of carbonyl (C=O) groups is 1. The average molecular weight is 425 g/mol. The molecule has 4 rings (SSSR count). The fraction of sp³-hybridized carbons (Fsp3) is 0.625. The molecule has 2 aliphatic heterocycles. The zero-order valence-corrected chi connectivity index (χ0v) is 19.0. The van der Waals surface area contributed by atoms with Crippen LogP contribution in [0.1, 0.15) is 61.6 Å². The second kappa shape index (κ2) is 10.4. The normalized spacial score (nSPS) is 19.5. The summed E-state index contributed by atoms with van der Waals surface area (Å²) >= 11 is 0. The van der Waals surface area contributed by atoms with Gasteiger partial charge in [0.2, 0.25) is 0 Å². The fourth-order valence-corrected chi connectivity index (χ4v) is 5.03. The molecule has 0 aliphatic carbocycles. The highest BCUT2D eigenvalue weighted by Gasteiger charge is 2.29. The number of hydrogen-bond donors (Lipinski definition) is 0. The van der Waals surface area contributed by atoms with Crippen LogP contribution in [0.3, 0.4) is 0 Å². The standard InChI is InChI=1S/C24H36N6O/c1-3-28(4-2)24(31)23-19-30(26-25-23)22-12-16-29(17-13-22)21-10-14-27(15-11-21)18-20-8-6-5-7-9-20/h5-9,19,21-22H,3-4,10-18H2,1-2H3. The van der Waals surface area contributed by atoms with Crippen molar-refractivity contribution < 1.29 is 4.79 Å². The van der Waals surface area contributed by atoms with Crippen molar-refractivity contribution in [1.82, 2.24) is 29.7 Å². The van der Waals surface area contributed by atoms with Gasteiger partial charge in [-0.3, -0.25) is 9.69 Å². The van der Waals surface area contributed by atoms with Crippen molar-refractivity contribution in [3.05, 3.63) is 47.8 Å². The van der Waals surface area contributed by atoms with E-state index >= 15 is 0 Å². The Bertz CT molecular complexity index is 818. The molecule has 0 spiro atoms. The van der Waals surface area contributed by atoms with E-state index in [-0.39, 0.29) is 5.91 Å². The van der Waals surface area contributed by atoms with E-state index in [2.05, 4.69) is 50.4 Å². The van der Waals surface area contributed by atoms with E-state index in [0.29, 0.717) is 30.9 Å². The lowest BCUT2D eigenvalue weighted by atomic mass is 9.97. The number of amides is 1. The number of benzene rings is 1. The molecule has 2 aliphatic rings. The molecule has 1 aromatic carbocycles. The van der Waals surface area contributed by atoms with Crippen LogP contribution in [0.15, 0.2) is 36.5 Å². The van der Waals surface area contributed by atoms with Gasteiger partial charge in [-0.25, -0.2) is 4.68 Å². The van der Waals surface area contributed by atoms with Crippen molar-refractivity contribution >= 4 is 5.91 Å². The molecule has 0 bridgehead atoms. The first-order chi connectivity index (χ1) is 15.2. The zero-order chi connectivity index (χ0) is 21.6. The van der Waals surface area contributed by atoms with Crippen molar-refractivity contribution in [3.8, 4) is 0 Å². The molecule has 3 heterocycles. The predicted octanol–water partition coefficient (Wildman–Crippen LogP) is 3.06. The summed E-state index contributed by atoms with van der Waals surface area (Å²) in [5, 5.41) is 8.46. The van der Waals surface area contributed by atoms with Crippen molar-refractivity contribution in [2.45, 2.75) is 58.2 Å². The topological polar surface area (TPSA) is 57.5 Å². The lowest BCUT2D eigenvalue weighted by molar-refractivity contribution is 0.0746. The quantitative estimate of drug-likeness (QED) is 0.684. The lowest BCUT2D eigenvalue weighted by Gasteiger charge is -2.41. The summed E-state index contributed by atoms with van der Waals surface area (Å²) in [5.74, 6) is -0.0176. The Hall–Kier alpha value is -2.25. The minimum atomic E-state index is -0.0176. The molecule has 0 unspecified atom stereocenters. The van der Waals surface area contributed by atoms with Gasteiger partial charge in [-0.15, -0.1) is 5.10 Å². The van der Waals surface area contributed by atoms with Gasteiger partial charge in [-0.05, 0) is 58.2 Å². The third kappa shape index (κ3) is 5.33. The molecule has 0 atom stereocenters. The number of hydrogen-bond acceptors (Lipinski definition) is 5. The Labute approximate surface area is 186 Å². The number of carbonyl (C=O) groups excluding carboxylic acids is 1. The van der Waals surface area contributed by atoms with Crippen LogP contribution in [-0.4, -0.2) is 80.9 Å². The third-order valence-electron chi connectivity index (χ3n) is 6.98. The monoisotopic (exact) mass is 424 g/mol. The van der Waals surface area contributed by atoms with Gasteiger partial charge < -0.3 is 9.80 Å². The van der Waals surface area contributed by atoms with E-state index in [9.17, 15) is 4.79 Å². The van der Waals surface area contributed by atoms with Crippen LogP contribution in [0.25, 0.3) is 0 Å². The lowest BCUT2D eigenvalue weighted by Crippen LogP contribution is -2.47. The molecule has 2 aromatic rings. The number of likely N-dealkylation sites (tertiary alicyclic amines) is 2. The van der Waals surface area contributed by atoms with E-state index in [1.165, 1.54) is 31.5 Å². The van der Waals surface area contributed by atoms with Crippen LogP contribution in [0, 0.1) is 0 Å². The average Bonchev–Trinajstić information content (AvgIpc) is 3.32. The maximum absolute atomic E-state index is 12.5. The molecule has 0 saturated carbocycles. The molecule has 2 saturated heterocycles. The number of aromatic nitrogens is 3. The minimum Gasteiger partial charge on any atom is -0.338 e. The van der Waals surface area contributed by atoms with Crippen LogP contribution in [0.5, 0.6) is 0 Å². The summed E-state index contributed by atoms with van der Waals surface area (Å²) in [6.45, 7) is 11.0. The predicted molar refractivity (Wildman–Crippen MR) is 122 cm³/mol. The molecule has 1 amide bonds. The molecular formula is C24H36N6O. The van der Waals surface area contributed by atoms with Gasteiger partial charge >= 0.3 is 0 Å². The first kappa shape index (κ1) is 22.0. The molecule has 7 nitrogen and oxygen atoms in total. The second-order valence-corrected chi connectivity index (χ2v) is 8.82. The van der Waals surface area contributed by atoms with E-state index in [0.717, 1.165) is 32.5 Å². The Morgan fingerprint density at radius 2 is 1.61 bits per heavy atom. The molecule has 7 heteroatoms. The summed E-state index contributed by atoms with van der Waals surface area (Å²) in [7, 11) is 0. The zero-order valence-electron chi connectivity index (χ0n) is 19.0. The Morgan fingerprint density at radius 3 is 2.26 bits per heavy atom. The van der Waals surface area contributed by atoms with Gasteiger partial charge in [-0.2, -0.15) is 0 Å². The van der Waals surface area contributed by atoms with Crippen LogP contribution >= 0.6 is 0 Å². The molecule has 168 valence electrons. The van der Waals surface area contributed by atoms with Gasteiger partial charge in [0.05, 0.1) is 12.2 Å². The summed E-state index contributed by atoms with van der Waals surface area (Å²) < 4.78 is 1.93. The van der Waals surface area contributed by atoms with Gasteiger partial charge in [-0.1, -0.05) is 35.5 Å². The summed E-state index contributed by atoms with van der Waals surface area (Å²) in [5.41, 5.74) is 1.88.